The van der Waals surface area contributed by atoms with Crippen LogP contribution in [0, 0.1) is 0 Å². The fraction of sp³-hybridized carbons (Fsp3) is 0.500. The van der Waals surface area contributed by atoms with E-state index in [0.29, 0.717) is 5.75 Å². The highest BCUT2D eigenvalue weighted by atomic mass is 79.9. The first-order chi connectivity index (χ1) is 10.7. The zero-order valence-electron chi connectivity index (χ0n) is 13.3. The Kier molecular flexibility index (Phi) is 5.19. The van der Waals surface area contributed by atoms with Crippen molar-refractivity contribution in [3.8, 4) is 5.75 Å². The summed E-state index contributed by atoms with van der Waals surface area (Å²) >= 11 is 3.34. The molecule has 1 N–H and O–H groups in total. The van der Waals surface area contributed by atoms with E-state index < -0.39 is 23.7 Å². The van der Waals surface area contributed by atoms with Crippen LogP contribution >= 0.6 is 15.9 Å². The first-order valence-corrected chi connectivity index (χ1v) is 8.09. The lowest BCUT2D eigenvalue weighted by molar-refractivity contribution is -0.142. The molecule has 0 saturated carbocycles. The summed E-state index contributed by atoms with van der Waals surface area (Å²) in [6, 6.07) is 6.31. The Balaban J connectivity index is 2.06. The lowest BCUT2D eigenvalue weighted by Crippen LogP contribution is -2.43. The van der Waals surface area contributed by atoms with Gasteiger partial charge in [-0.1, -0.05) is 15.9 Å². The zero-order valence-corrected chi connectivity index (χ0v) is 14.9. The van der Waals surface area contributed by atoms with Crippen molar-refractivity contribution < 1.29 is 24.2 Å². The molecule has 1 heterocycles. The molecule has 1 saturated heterocycles. The third kappa shape index (κ3) is 4.86. The molecule has 126 valence electrons. The number of aliphatic carboxylic acids is 1. The van der Waals surface area contributed by atoms with Gasteiger partial charge in [0.25, 0.3) is 0 Å². The standard InChI is InChI=1S/C16H20BrNO5/c1-16(2,3)23-15(21)18-9-12(8-13(18)14(19)20)22-11-6-4-10(17)5-7-11/h4-7,12-13H,8-9H2,1-3H3,(H,19,20). The Labute approximate surface area is 143 Å². The van der Waals surface area contributed by atoms with Crippen LogP contribution in [0.3, 0.4) is 0 Å². The average molecular weight is 386 g/mol. The summed E-state index contributed by atoms with van der Waals surface area (Å²) < 4.78 is 12.0. The lowest BCUT2D eigenvalue weighted by atomic mass is 10.2. The van der Waals surface area contributed by atoms with Crippen molar-refractivity contribution in [1.29, 1.82) is 0 Å². The zero-order chi connectivity index (χ0) is 17.2. The number of nitrogens with zero attached hydrogens (tertiary/aromatic N) is 1. The van der Waals surface area contributed by atoms with Crippen LogP contribution in [0.15, 0.2) is 28.7 Å². The fourth-order valence-corrected chi connectivity index (χ4v) is 2.61. The fourth-order valence-electron chi connectivity index (χ4n) is 2.34. The van der Waals surface area contributed by atoms with Gasteiger partial charge in [0.05, 0.1) is 6.54 Å². The first kappa shape index (κ1) is 17.6. The van der Waals surface area contributed by atoms with Gasteiger partial charge in [-0.05, 0) is 45.0 Å². The Morgan fingerprint density at radius 3 is 2.39 bits per heavy atom. The van der Waals surface area contributed by atoms with E-state index in [9.17, 15) is 14.7 Å². The molecule has 1 aliphatic rings. The van der Waals surface area contributed by atoms with E-state index in [4.69, 9.17) is 9.47 Å². The molecule has 0 aliphatic carbocycles. The second-order valence-corrected chi connectivity index (χ2v) is 7.33. The van der Waals surface area contributed by atoms with Gasteiger partial charge in [0, 0.05) is 10.9 Å². The van der Waals surface area contributed by atoms with E-state index in [1.54, 1.807) is 32.9 Å². The summed E-state index contributed by atoms with van der Waals surface area (Å²) in [6.07, 6.45) is -0.790. The van der Waals surface area contributed by atoms with Crippen molar-refractivity contribution in [1.82, 2.24) is 4.90 Å². The van der Waals surface area contributed by atoms with E-state index in [1.807, 2.05) is 12.1 Å². The SMILES string of the molecule is CC(C)(C)OC(=O)N1CC(Oc2ccc(Br)cc2)CC1C(=O)O. The van der Waals surface area contributed by atoms with Gasteiger partial charge in [0.2, 0.25) is 0 Å². The predicted molar refractivity (Wildman–Crippen MR) is 87.5 cm³/mol. The number of amides is 1. The summed E-state index contributed by atoms with van der Waals surface area (Å²) in [5.41, 5.74) is -0.676. The molecule has 2 unspecified atom stereocenters. The summed E-state index contributed by atoms with van der Waals surface area (Å²) in [5.74, 6) is -0.425. The molecule has 0 radical (unpaired) electrons. The molecule has 23 heavy (non-hydrogen) atoms. The number of benzene rings is 1. The Morgan fingerprint density at radius 1 is 1.26 bits per heavy atom. The molecule has 7 heteroatoms. The molecule has 1 aromatic carbocycles. The van der Waals surface area contributed by atoms with Crippen molar-refractivity contribution in [3.63, 3.8) is 0 Å². The summed E-state index contributed by atoms with van der Waals surface area (Å²) in [4.78, 5) is 24.8. The normalized spacial score (nSPS) is 21.1. The van der Waals surface area contributed by atoms with Gasteiger partial charge in [-0.15, -0.1) is 0 Å². The molecule has 2 atom stereocenters. The smallest absolute Gasteiger partial charge is 0.411 e. The van der Waals surface area contributed by atoms with Crippen molar-refractivity contribution in [2.75, 3.05) is 6.54 Å². The number of ether oxygens (including phenoxy) is 2. The highest BCUT2D eigenvalue weighted by Crippen LogP contribution is 2.26. The van der Waals surface area contributed by atoms with Gasteiger partial charge in [-0.3, -0.25) is 4.90 Å². The van der Waals surface area contributed by atoms with Crippen LogP contribution in [0.4, 0.5) is 4.79 Å². The van der Waals surface area contributed by atoms with Gasteiger partial charge >= 0.3 is 12.1 Å². The number of halogens is 1. The van der Waals surface area contributed by atoms with Crippen LogP contribution < -0.4 is 4.74 Å². The molecule has 0 spiro atoms. The summed E-state index contributed by atoms with van der Waals surface area (Å²) in [7, 11) is 0. The predicted octanol–water partition coefficient (Wildman–Crippen LogP) is 3.29. The number of carboxylic acids is 1. The second-order valence-electron chi connectivity index (χ2n) is 6.42. The molecule has 0 aromatic heterocycles. The van der Waals surface area contributed by atoms with Crippen molar-refractivity contribution in [3.05, 3.63) is 28.7 Å². The highest BCUT2D eigenvalue weighted by Gasteiger charge is 2.42. The molecule has 1 fully saturated rings. The quantitative estimate of drug-likeness (QED) is 0.863. The third-order valence-corrected chi connectivity index (χ3v) is 3.82. The highest BCUT2D eigenvalue weighted by molar-refractivity contribution is 9.10. The minimum atomic E-state index is -1.06. The van der Waals surface area contributed by atoms with Crippen LogP contribution in [0.5, 0.6) is 5.75 Å². The largest absolute Gasteiger partial charge is 0.488 e. The molecule has 1 aromatic rings. The molecular formula is C16H20BrNO5. The van der Waals surface area contributed by atoms with E-state index in [0.717, 1.165) is 4.47 Å². The van der Waals surface area contributed by atoms with Gasteiger partial charge in [0.1, 0.15) is 23.5 Å². The monoisotopic (exact) mass is 385 g/mol. The van der Waals surface area contributed by atoms with E-state index in [1.165, 1.54) is 4.90 Å². The number of rotatable bonds is 3. The summed E-state index contributed by atoms with van der Waals surface area (Å²) in [5, 5.41) is 9.34. The van der Waals surface area contributed by atoms with E-state index >= 15 is 0 Å². The van der Waals surface area contributed by atoms with Crippen LogP contribution in [-0.4, -0.2) is 46.4 Å². The van der Waals surface area contributed by atoms with E-state index in [-0.39, 0.29) is 19.1 Å². The molecular weight excluding hydrogens is 366 g/mol. The Bertz CT molecular complexity index is 581. The molecule has 6 nitrogen and oxygen atoms in total. The molecule has 2 rings (SSSR count). The van der Waals surface area contributed by atoms with Crippen LogP contribution in [0.1, 0.15) is 27.2 Å². The van der Waals surface area contributed by atoms with Crippen molar-refractivity contribution in [2.24, 2.45) is 0 Å². The maximum atomic E-state index is 12.2. The van der Waals surface area contributed by atoms with Gasteiger partial charge in [-0.25, -0.2) is 9.59 Å². The topological polar surface area (TPSA) is 76.1 Å². The van der Waals surface area contributed by atoms with Gasteiger partial charge < -0.3 is 14.6 Å². The number of hydrogen-bond donors (Lipinski definition) is 1. The Morgan fingerprint density at radius 2 is 1.87 bits per heavy atom. The van der Waals surface area contributed by atoms with Gasteiger partial charge in [0.15, 0.2) is 0 Å². The second kappa shape index (κ2) is 6.78. The molecule has 1 aliphatic heterocycles. The Hall–Kier alpha value is -1.76. The van der Waals surface area contributed by atoms with Crippen molar-refractivity contribution >= 4 is 28.0 Å². The number of likely N-dealkylation sites (tertiary alicyclic amines) is 1. The molecule has 0 bridgehead atoms. The van der Waals surface area contributed by atoms with Crippen LogP contribution in [-0.2, 0) is 9.53 Å². The van der Waals surface area contributed by atoms with Crippen LogP contribution in [0.2, 0.25) is 0 Å². The minimum Gasteiger partial charge on any atom is -0.488 e. The first-order valence-electron chi connectivity index (χ1n) is 7.30. The lowest BCUT2D eigenvalue weighted by Gasteiger charge is -2.26. The number of carbonyl (C=O) groups excluding carboxylic acids is 1. The summed E-state index contributed by atoms with van der Waals surface area (Å²) in [6.45, 7) is 5.41. The number of carbonyl (C=O) groups is 2. The third-order valence-electron chi connectivity index (χ3n) is 3.29. The minimum absolute atomic E-state index is 0.182. The number of carboxylic acid groups (broad SMARTS) is 1. The van der Waals surface area contributed by atoms with Crippen LogP contribution in [0.25, 0.3) is 0 Å². The van der Waals surface area contributed by atoms with Crippen molar-refractivity contribution in [2.45, 2.75) is 44.9 Å². The number of hydrogen-bond acceptors (Lipinski definition) is 4. The average Bonchev–Trinajstić information content (AvgIpc) is 2.84. The maximum Gasteiger partial charge on any atom is 0.411 e. The maximum absolute atomic E-state index is 12.2. The molecule has 1 amide bonds. The van der Waals surface area contributed by atoms with E-state index in [2.05, 4.69) is 15.9 Å². The van der Waals surface area contributed by atoms with Gasteiger partial charge in [-0.2, -0.15) is 0 Å².